The summed E-state index contributed by atoms with van der Waals surface area (Å²) in [4.78, 5) is 14.1. The molecule has 0 spiro atoms. The van der Waals surface area contributed by atoms with E-state index in [9.17, 15) is 4.79 Å². The number of nitrogens with zero attached hydrogens (tertiary/aromatic N) is 3. The van der Waals surface area contributed by atoms with Crippen LogP contribution in [0.2, 0.25) is 0 Å². The van der Waals surface area contributed by atoms with Crippen LogP contribution in [0.1, 0.15) is 19.3 Å². The van der Waals surface area contributed by atoms with Crippen molar-refractivity contribution in [1.82, 2.24) is 9.78 Å². The van der Waals surface area contributed by atoms with Gasteiger partial charge in [-0.2, -0.15) is 5.10 Å². The molecule has 5 heteroatoms. The van der Waals surface area contributed by atoms with Crippen LogP contribution in [-0.2, 0) is 11.3 Å². The first-order valence-corrected chi connectivity index (χ1v) is 6.53. The Labute approximate surface area is 113 Å². The topological polar surface area (TPSA) is 47.4 Å². The lowest BCUT2D eigenvalue weighted by Crippen LogP contribution is -2.37. The van der Waals surface area contributed by atoms with Crippen molar-refractivity contribution in [1.29, 1.82) is 0 Å². The monoisotopic (exact) mass is 261 g/mol. The maximum absolute atomic E-state index is 11.9. The van der Waals surface area contributed by atoms with Crippen molar-refractivity contribution in [2.45, 2.75) is 31.9 Å². The van der Waals surface area contributed by atoms with Gasteiger partial charge in [0.15, 0.2) is 0 Å². The highest BCUT2D eigenvalue weighted by Gasteiger charge is 2.19. The Morgan fingerprint density at radius 2 is 2.26 bits per heavy atom. The van der Waals surface area contributed by atoms with E-state index in [-0.39, 0.29) is 5.56 Å². The summed E-state index contributed by atoms with van der Waals surface area (Å²) in [6, 6.07) is 1.64. The number of aryl methyl sites for hydroxylation is 1. The van der Waals surface area contributed by atoms with E-state index in [0.717, 1.165) is 31.6 Å². The van der Waals surface area contributed by atoms with Crippen LogP contribution in [-0.4, -0.2) is 36.1 Å². The standard InChI is InChI=1S/C14H19N3O2/c1-3-4-7-17-14(18)10-12(11-15-17)16-8-5-13(19-2)6-9-16/h1,10-11,13H,4-9H2,2H3. The Morgan fingerprint density at radius 1 is 1.53 bits per heavy atom. The van der Waals surface area contributed by atoms with Gasteiger partial charge in [-0.25, -0.2) is 4.68 Å². The molecular formula is C14H19N3O2. The molecule has 0 atom stereocenters. The normalized spacial score (nSPS) is 16.3. The van der Waals surface area contributed by atoms with Gasteiger partial charge >= 0.3 is 0 Å². The second-order valence-corrected chi connectivity index (χ2v) is 4.65. The van der Waals surface area contributed by atoms with Crippen LogP contribution in [0.25, 0.3) is 0 Å². The zero-order valence-electron chi connectivity index (χ0n) is 11.2. The van der Waals surface area contributed by atoms with Crippen LogP contribution in [0.3, 0.4) is 0 Å². The molecule has 1 aliphatic heterocycles. The summed E-state index contributed by atoms with van der Waals surface area (Å²) >= 11 is 0. The Balaban J connectivity index is 2.04. The number of aromatic nitrogens is 2. The molecule has 0 N–H and O–H groups in total. The summed E-state index contributed by atoms with van der Waals surface area (Å²) in [5.74, 6) is 2.51. The maximum atomic E-state index is 11.9. The number of rotatable bonds is 4. The lowest BCUT2D eigenvalue weighted by molar-refractivity contribution is 0.0819. The van der Waals surface area contributed by atoms with Crippen molar-refractivity contribution >= 4 is 5.69 Å². The number of terminal acetylenes is 1. The van der Waals surface area contributed by atoms with Gasteiger partial charge in [0.1, 0.15) is 0 Å². The summed E-state index contributed by atoms with van der Waals surface area (Å²) in [7, 11) is 1.74. The molecule has 1 aromatic heterocycles. The molecule has 0 aliphatic carbocycles. The Morgan fingerprint density at radius 3 is 2.84 bits per heavy atom. The minimum absolute atomic E-state index is 0.0957. The number of anilines is 1. The maximum Gasteiger partial charge on any atom is 0.268 e. The molecule has 0 unspecified atom stereocenters. The van der Waals surface area contributed by atoms with Crippen molar-refractivity contribution < 1.29 is 4.74 Å². The number of ether oxygens (including phenoxy) is 1. The van der Waals surface area contributed by atoms with Gasteiger partial charge in [0, 0.05) is 32.7 Å². The second kappa shape index (κ2) is 6.39. The molecule has 102 valence electrons. The Bertz CT molecular complexity index is 510. The highest BCUT2D eigenvalue weighted by atomic mass is 16.5. The summed E-state index contributed by atoms with van der Waals surface area (Å²) in [5.41, 5.74) is 0.790. The van der Waals surface area contributed by atoms with Crippen LogP contribution in [0.5, 0.6) is 0 Å². The van der Waals surface area contributed by atoms with Crippen LogP contribution in [0, 0.1) is 12.3 Å². The lowest BCUT2D eigenvalue weighted by Gasteiger charge is -2.32. The van der Waals surface area contributed by atoms with Crippen molar-refractivity contribution in [3.63, 3.8) is 0 Å². The zero-order chi connectivity index (χ0) is 13.7. The molecular weight excluding hydrogens is 242 g/mol. The third-order valence-corrected chi connectivity index (χ3v) is 3.46. The summed E-state index contributed by atoms with van der Waals surface area (Å²) in [6.45, 7) is 2.27. The fourth-order valence-electron chi connectivity index (χ4n) is 2.29. The first-order valence-electron chi connectivity index (χ1n) is 6.53. The zero-order valence-corrected chi connectivity index (χ0v) is 11.2. The van der Waals surface area contributed by atoms with E-state index in [1.54, 1.807) is 19.4 Å². The SMILES string of the molecule is C#CCCn1ncc(N2CCC(OC)CC2)cc1=O. The molecule has 2 heterocycles. The van der Waals surface area contributed by atoms with E-state index < -0.39 is 0 Å². The van der Waals surface area contributed by atoms with Gasteiger partial charge in [-0.1, -0.05) is 0 Å². The van der Waals surface area contributed by atoms with E-state index in [1.807, 2.05) is 0 Å². The second-order valence-electron chi connectivity index (χ2n) is 4.65. The van der Waals surface area contributed by atoms with E-state index in [2.05, 4.69) is 15.9 Å². The quantitative estimate of drug-likeness (QED) is 0.755. The molecule has 0 amide bonds. The van der Waals surface area contributed by atoms with Gasteiger partial charge in [0.25, 0.3) is 5.56 Å². The molecule has 19 heavy (non-hydrogen) atoms. The number of hydrogen-bond acceptors (Lipinski definition) is 4. The van der Waals surface area contributed by atoms with E-state index >= 15 is 0 Å². The minimum atomic E-state index is -0.0957. The number of hydrogen-bond donors (Lipinski definition) is 0. The number of methoxy groups -OCH3 is 1. The molecule has 1 aromatic rings. The molecule has 1 aliphatic rings. The first-order chi connectivity index (χ1) is 9.24. The first kappa shape index (κ1) is 13.6. The van der Waals surface area contributed by atoms with Gasteiger partial charge in [-0.3, -0.25) is 4.79 Å². The predicted octanol–water partition coefficient (Wildman–Crippen LogP) is 0.882. The minimum Gasteiger partial charge on any atom is -0.381 e. The van der Waals surface area contributed by atoms with E-state index in [0.29, 0.717) is 19.1 Å². The number of piperidine rings is 1. The van der Waals surface area contributed by atoms with Crippen molar-refractivity contribution in [2.24, 2.45) is 0 Å². The average Bonchev–Trinajstić information content (AvgIpc) is 2.46. The molecule has 0 aromatic carbocycles. The fourth-order valence-corrected chi connectivity index (χ4v) is 2.29. The van der Waals surface area contributed by atoms with Gasteiger partial charge in [-0.05, 0) is 12.8 Å². The molecule has 0 saturated carbocycles. The largest absolute Gasteiger partial charge is 0.381 e. The lowest BCUT2D eigenvalue weighted by atomic mass is 10.1. The highest BCUT2D eigenvalue weighted by molar-refractivity contribution is 5.43. The summed E-state index contributed by atoms with van der Waals surface area (Å²) in [5, 5.41) is 4.17. The van der Waals surface area contributed by atoms with Crippen LogP contribution < -0.4 is 10.5 Å². The molecule has 5 nitrogen and oxygen atoms in total. The smallest absolute Gasteiger partial charge is 0.268 e. The van der Waals surface area contributed by atoms with Gasteiger partial charge < -0.3 is 9.64 Å². The molecule has 0 bridgehead atoms. The van der Waals surface area contributed by atoms with Crippen LogP contribution >= 0.6 is 0 Å². The highest BCUT2D eigenvalue weighted by Crippen LogP contribution is 2.18. The third kappa shape index (κ3) is 3.36. The van der Waals surface area contributed by atoms with Crippen molar-refractivity contribution in [3.05, 3.63) is 22.6 Å². The average molecular weight is 261 g/mol. The fraction of sp³-hybridized carbons (Fsp3) is 0.571. The summed E-state index contributed by atoms with van der Waals surface area (Å²) < 4.78 is 6.74. The Hall–Kier alpha value is -1.80. The van der Waals surface area contributed by atoms with Crippen molar-refractivity contribution in [3.8, 4) is 12.3 Å². The van der Waals surface area contributed by atoms with E-state index in [4.69, 9.17) is 11.2 Å². The predicted molar refractivity (Wildman–Crippen MR) is 74.2 cm³/mol. The van der Waals surface area contributed by atoms with Gasteiger partial charge in [0.2, 0.25) is 0 Å². The van der Waals surface area contributed by atoms with E-state index in [1.165, 1.54) is 4.68 Å². The molecule has 2 rings (SSSR count). The van der Waals surface area contributed by atoms with Crippen LogP contribution in [0.4, 0.5) is 5.69 Å². The van der Waals surface area contributed by atoms with Crippen LogP contribution in [0.15, 0.2) is 17.1 Å². The van der Waals surface area contributed by atoms with Gasteiger partial charge in [-0.15, -0.1) is 12.3 Å². The molecule has 0 radical (unpaired) electrons. The Kier molecular flexibility index (Phi) is 4.58. The third-order valence-electron chi connectivity index (χ3n) is 3.46. The molecule has 1 saturated heterocycles. The van der Waals surface area contributed by atoms with Crippen molar-refractivity contribution in [2.75, 3.05) is 25.1 Å². The molecule has 1 fully saturated rings. The van der Waals surface area contributed by atoms with Gasteiger partial charge in [0.05, 0.1) is 24.5 Å². The summed E-state index contributed by atoms with van der Waals surface area (Å²) in [6.07, 6.45) is 9.75.